The molecule has 138 valence electrons. The van der Waals surface area contributed by atoms with E-state index >= 15 is 0 Å². The highest BCUT2D eigenvalue weighted by Crippen LogP contribution is 2.25. The van der Waals surface area contributed by atoms with Crippen LogP contribution in [0.3, 0.4) is 0 Å². The van der Waals surface area contributed by atoms with Crippen LogP contribution in [0.5, 0.6) is 0 Å². The molecule has 0 saturated carbocycles. The number of hydrogen-bond acceptors (Lipinski definition) is 6. The zero-order chi connectivity index (χ0) is 18.7. The molecule has 0 unspecified atom stereocenters. The van der Waals surface area contributed by atoms with Crippen molar-refractivity contribution in [1.29, 1.82) is 0 Å². The molecular formula is C18H22N4O3S. The van der Waals surface area contributed by atoms with E-state index in [0.29, 0.717) is 23.0 Å². The molecule has 2 aromatic heterocycles. The number of fused-ring (bicyclic) bond motifs is 1. The lowest BCUT2D eigenvalue weighted by atomic mass is 10.1. The minimum absolute atomic E-state index is 0.235. The molecule has 2 heterocycles. The summed E-state index contributed by atoms with van der Waals surface area (Å²) in [6, 6.07) is 7.06. The molecule has 0 atom stereocenters. The first kappa shape index (κ1) is 18.3. The van der Waals surface area contributed by atoms with E-state index in [1.165, 1.54) is 0 Å². The number of rotatable bonds is 6. The molecule has 1 N–H and O–H groups in total. The van der Waals surface area contributed by atoms with Gasteiger partial charge in [-0.15, -0.1) is 0 Å². The van der Waals surface area contributed by atoms with Crippen LogP contribution in [0.15, 0.2) is 38.4 Å². The summed E-state index contributed by atoms with van der Waals surface area (Å²) in [7, 11) is 1.71. The number of amides is 2. The monoisotopic (exact) mass is 374 g/mol. The van der Waals surface area contributed by atoms with Gasteiger partial charge in [-0.1, -0.05) is 37.7 Å². The Bertz CT molecular complexity index is 903. The van der Waals surface area contributed by atoms with Crippen LogP contribution in [0.2, 0.25) is 0 Å². The molecule has 0 aliphatic carbocycles. The number of benzene rings is 1. The third-order valence-corrected chi connectivity index (χ3v) is 4.49. The van der Waals surface area contributed by atoms with Crippen molar-refractivity contribution in [3.05, 3.63) is 35.7 Å². The molecule has 7 nitrogen and oxygen atoms in total. The third-order valence-electron chi connectivity index (χ3n) is 3.78. The molecule has 0 bridgehead atoms. The zero-order valence-electron chi connectivity index (χ0n) is 15.3. The number of anilines is 1. The number of hydrogen-bond donors (Lipinski definition) is 1. The lowest BCUT2D eigenvalue weighted by Gasteiger charge is -2.16. The first-order valence-electron chi connectivity index (χ1n) is 8.47. The van der Waals surface area contributed by atoms with Gasteiger partial charge in [0.15, 0.2) is 5.58 Å². The molecular weight excluding hydrogens is 352 g/mol. The van der Waals surface area contributed by atoms with E-state index in [4.69, 9.17) is 8.94 Å². The second kappa shape index (κ2) is 7.82. The van der Waals surface area contributed by atoms with Crippen molar-refractivity contribution in [3.8, 4) is 0 Å². The highest BCUT2D eigenvalue weighted by Gasteiger charge is 2.14. The average Bonchev–Trinajstić information content (AvgIpc) is 3.21. The molecule has 3 rings (SSSR count). The minimum atomic E-state index is -0.235. The standard InChI is InChI=1S/C18H22N4O3S/c1-5-26-18-20-14-7-6-12(8-16(14)24-18)19-17(23)22(4)10-13-9-15(11(2)3)25-21-13/h6-9,11H,5,10H2,1-4H3,(H,19,23). The summed E-state index contributed by atoms with van der Waals surface area (Å²) < 4.78 is 10.9. The summed E-state index contributed by atoms with van der Waals surface area (Å²) in [4.78, 5) is 18.3. The SMILES string of the molecule is CCSc1nc2ccc(NC(=O)N(C)Cc3cc(C(C)C)on3)cc2o1. The van der Waals surface area contributed by atoms with Gasteiger partial charge in [0.05, 0.1) is 6.54 Å². The van der Waals surface area contributed by atoms with Crippen molar-refractivity contribution in [2.75, 3.05) is 18.1 Å². The molecule has 3 aromatic rings. The molecule has 26 heavy (non-hydrogen) atoms. The number of thioether (sulfide) groups is 1. The summed E-state index contributed by atoms with van der Waals surface area (Å²) in [6.07, 6.45) is 0. The van der Waals surface area contributed by atoms with E-state index in [0.717, 1.165) is 22.7 Å². The van der Waals surface area contributed by atoms with Crippen LogP contribution in [-0.4, -0.2) is 33.9 Å². The lowest BCUT2D eigenvalue weighted by Crippen LogP contribution is -2.30. The second-order valence-electron chi connectivity index (χ2n) is 6.26. The fourth-order valence-electron chi connectivity index (χ4n) is 2.37. The van der Waals surface area contributed by atoms with Crippen LogP contribution in [0.4, 0.5) is 10.5 Å². The van der Waals surface area contributed by atoms with Crippen LogP contribution >= 0.6 is 11.8 Å². The highest BCUT2D eigenvalue weighted by atomic mass is 32.2. The van der Waals surface area contributed by atoms with Gasteiger partial charge in [-0.2, -0.15) is 0 Å². The van der Waals surface area contributed by atoms with Gasteiger partial charge in [0, 0.05) is 30.8 Å². The quantitative estimate of drug-likeness (QED) is 0.629. The number of nitrogens with zero attached hydrogens (tertiary/aromatic N) is 3. The number of urea groups is 1. The highest BCUT2D eigenvalue weighted by molar-refractivity contribution is 7.99. The van der Waals surface area contributed by atoms with E-state index < -0.39 is 0 Å². The third kappa shape index (κ3) is 4.19. The fourth-order valence-corrected chi connectivity index (χ4v) is 2.93. The second-order valence-corrected chi connectivity index (χ2v) is 7.47. The Morgan fingerprint density at radius 3 is 2.85 bits per heavy atom. The van der Waals surface area contributed by atoms with E-state index in [1.807, 2.05) is 39.0 Å². The maximum Gasteiger partial charge on any atom is 0.321 e. The van der Waals surface area contributed by atoms with E-state index in [1.54, 1.807) is 29.8 Å². The van der Waals surface area contributed by atoms with Crippen LogP contribution in [0.25, 0.3) is 11.1 Å². The summed E-state index contributed by atoms with van der Waals surface area (Å²) in [6.45, 7) is 6.47. The number of oxazole rings is 1. The van der Waals surface area contributed by atoms with Crippen molar-refractivity contribution in [2.24, 2.45) is 0 Å². The van der Waals surface area contributed by atoms with Crippen molar-refractivity contribution in [3.63, 3.8) is 0 Å². The number of carbonyl (C=O) groups is 1. The molecule has 0 spiro atoms. The molecule has 0 aliphatic rings. The summed E-state index contributed by atoms with van der Waals surface area (Å²) in [5.41, 5.74) is 2.80. The smallest absolute Gasteiger partial charge is 0.321 e. The molecule has 1 aromatic carbocycles. The van der Waals surface area contributed by atoms with Crippen LogP contribution in [0.1, 0.15) is 38.1 Å². The minimum Gasteiger partial charge on any atom is -0.431 e. The van der Waals surface area contributed by atoms with Crippen LogP contribution in [0, 0.1) is 0 Å². The Hall–Kier alpha value is -2.48. The van der Waals surface area contributed by atoms with Gasteiger partial charge in [-0.3, -0.25) is 0 Å². The largest absolute Gasteiger partial charge is 0.431 e. The number of nitrogens with one attached hydrogen (secondary N) is 1. The van der Waals surface area contributed by atoms with Crippen LogP contribution in [-0.2, 0) is 6.54 Å². The van der Waals surface area contributed by atoms with Gasteiger partial charge in [-0.25, -0.2) is 9.78 Å². The normalized spacial score (nSPS) is 11.3. The molecule has 0 aliphatic heterocycles. The van der Waals surface area contributed by atoms with Gasteiger partial charge < -0.3 is 19.2 Å². The topological polar surface area (TPSA) is 84.4 Å². The van der Waals surface area contributed by atoms with Crippen molar-refractivity contribution in [1.82, 2.24) is 15.0 Å². The van der Waals surface area contributed by atoms with Crippen molar-refractivity contribution >= 4 is 34.6 Å². The van der Waals surface area contributed by atoms with E-state index in [-0.39, 0.29) is 11.9 Å². The van der Waals surface area contributed by atoms with Gasteiger partial charge in [-0.05, 0) is 17.9 Å². The first-order valence-corrected chi connectivity index (χ1v) is 9.45. The Morgan fingerprint density at radius 1 is 1.35 bits per heavy atom. The van der Waals surface area contributed by atoms with Gasteiger partial charge in [0.2, 0.25) is 0 Å². The average molecular weight is 374 g/mol. The predicted octanol–water partition coefficient (Wildman–Crippen LogP) is 4.72. The predicted molar refractivity (Wildman–Crippen MR) is 101 cm³/mol. The van der Waals surface area contributed by atoms with Crippen LogP contribution < -0.4 is 5.32 Å². The Balaban J connectivity index is 1.65. The number of carbonyl (C=O) groups excluding carboxylic acids is 1. The number of aromatic nitrogens is 2. The fraction of sp³-hybridized carbons (Fsp3) is 0.389. The maximum absolute atomic E-state index is 12.4. The van der Waals surface area contributed by atoms with Crippen molar-refractivity contribution in [2.45, 2.75) is 38.5 Å². The summed E-state index contributed by atoms with van der Waals surface area (Å²) in [5, 5.41) is 7.50. The molecule has 0 saturated heterocycles. The lowest BCUT2D eigenvalue weighted by molar-refractivity contribution is 0.219. The Morgan fingerprint density at radius 2 is 2.15 bits per heavy atom. The van der Waals surface area contributed by atoms with E-state index in [9.17, 15) is 4.79 Å². The van der Waals surface area contributed by atoms with Gasteiger partial charge >= 0.3 is 6.03 Å². The Kier molecular flexibility index (Phi) is 5.51. The Labute approximate surface area is 156 Å². The maximum atomic E-state index is 12.4. The first-order chi connectivity index (χ1) is 12.5. The van der Waals surface area contributed by atoms with Crippen molar-refractivity contribution < 1.29 is 13.7 Å². The summed E-state index contributed by atoms with van der Waals surface area (Å²) >= 11 is 1.54. The zero-order valence-corrected chi connectivity index (χ0v) is 16.1. The molecule has 8 heteroatoms. The van der Waals surface area contributed by atoms with E-state index in [2.05, 4.69) is 15.5 Å². The van der Waals surface area contributed by atoms with Gasteiger partial charge in [0.25, 0.3) is 5.22 Å². The molecule has 2 amide bonds. The van der Waals surface area contributed by atoms with Gasteiger partial charge in [0.1, 0.15) is 17.0 Å². The molecule has 0 radical (unpaired) electrons. The molecule has 0 fully saturated rings. The summed E-state index contributed by atoms with van der Waals surface area (Å²) in [5.74, 6) is 1.96.